The quantitative estimate of drug-likeness (QED) is 0.634. The second-order valence-electron chi connectivity index (χ2n) is 5.34. The summed E-state index contributed by atoms with van der Waals surface area (Å²) < 4.78 is 0. The number of nitrogens with one attached hydrogen (secondary N) is 1. The maximum atomic E-state index is 5.89. The molecule has 0 aromatic heterocycles. The van der Waals surface area contributed by atoms with Gasteiger partial charge in [-0.1, -0.05) is 38.0 Å². The first-order valence-corrected chi connectivity index (χ1v) is 6.86. The molecule has 1 aromatic rings. The Morgan fingerprint density at radius 3 is 2.56 bits per heavy atom. The molecule has 0 amide bonds. The van der Waals surface area contributed by atoms with Crippen molar-refractivity contribution in [1.29, 1.82) is 0 Å². The molecule has 0 aliphatic heterocycles. The van der Waals surface area contributed by atoms with Gasteiger partial charge in [-0.2, -0.15) is 0 Å². The molecule has 3 nitrogen and oxygen atoms in total. The first-order valence-electron chi connectivity index (χ1n) is 6.86. The molecule has 1 saturated carbocycles. The highest BCUT2D eigenvalue weighted by Gasteiger charge is 2.17. The lowest BCUT2D eigenvalue weighted by Gasteiger charge is -2.24. The first-order chi connectivity index (χ1) is 8.74. The Labute approximate surface area is 109 Å². The number of nitrogens with zero attached hydrogens (tertiary/aromatic N) is 1. The van der Waals surface area contributed by atoms with E-state index in [9.17, 15) is 0 Å². The van der Waals surface area contributed by atoms with Crippen molar-refractivity contribution in [2.45, 2.75) is 32.6 Å². The number of nitrogens with two attached hydrogens (primary N) is 1. The highest BCUT2D eigenvalue weighted by Crippen LogP contribution is 2.28. The van der Waals surface area contributed by atoms with Crippen molar-refractivity contribution < 1.29 is 0 Å². The smallest absolute Gasteiger partial charge is 0.193 e. The molecule has 0 radical (unpaired) electrons. The van der Waals surface area contributed by atoms with Crippen LogP contribution in [0.5, 0.6) is 0 Å². The van der Waals surface area contributed by atoms with Crippen molar-refractivity contribution in [2.75, 3.05) is 11.9 Å². The molecule has 18 heavy (non-hydrogen) atoms. The topological polar surface area (TPSA) is 50.4 Å². The van der Waals surface area contributed by atoms with Crippen LogP contribution in [0.2, 0.25) is 0 Å². The van der Waals surface area contributed by atoms with Crippen molar-refractivity contribution in [3.05, 3.63) is 30.3 Å². The molecule has 0 bridgehead atoms. The van der Waals surface area contributed by atoms with Crippen molar-refractivity contribution in [2.24, 2.45) is 22.6 Å². The summed E-state index contributed by atoms with van der Waals surface area (Å²) in [5.41, 5.74) is 6.89. The maximum Gasteiger partial charge on any atom is 0.193 e. The van der Waals surface area contributed by atoms with E-state index < -0.39 is 0 Å². The Balaban J connectivity index is 1.79. The molecule has 0 heterocycles. The first kappa shape index (κ1) is 12.9. The molecule has 3 heteroatoms. The Morgan fingerprint density at radius 2 is 1.89 bits per heavy atom. The molecular weight excluding hydrogens is 222 g/mol. The second kappa shape index (κ2) is 6.43. The number of guanidine groups is 1. The highest BCUT2D eigenvalue weighted by atomic mass is 15.1. The number of hydrogen-bond donors (Lipinski definition) is 2. The van der Waals surface area contributed by atoms with E-state index >= 15 is 0 Å². The molecular formula is C15H23N3. The number of benzene rings is 1. The Morgan fingerprint density at radius 1 is 1.22 bits per heavy atom. The van der Waals surface area contributed by atoms with Gasteiger partial charge in [-0.3, -0.25) is 4.99 Å². The summed E-state index contributed by atoms with van der Waals surface area (Å²) >= 11 is 0. The molecule has 1 aliphatic rings. The third kappa shape index (κ3) is 4.06. The van der Waals surface area contributed by atoms with Crippen LogP contribution in [-0.2, 0) is 0 Å². The number of anilines is 1. The SMILES string of the molecule is CC1CCC(CN=C(N)Nc2ccccc2)CC1. The Hall–Kier alpha value is -1.51. The number of para-hydroxylation sites is 1. The zero-order valence-corrected chi connectivity index (χ0v) is 11.1. The van der Waals surface area contributed by atoms with Crippen LogP contribution >= 0.6 is 0 Å². The number of hydrogen-bond acceptors (Lipinski definition) is 1. The monoisotopic (exact) mass is 245 g/mol. The van der Waals surface area contributed by atoms with Crippen LogP contribution in [0.3, 0.4) is 0 Å². The zero-order chi connectivity index (χ0) is 12.8. The van der Waals surface area contributed by atoms with E-state index in [2.05, 4.69) is 17.2 Å². The van der Waals surface area contributed by atoms with Crippen molar-refractivity contribution in [1.82, 2.24) is 0 Å². The van der Waals surface area contributed by atoms with Gasteiger partial charge in [0, 0.05) is 12.2 Å². The summed E-state index contributed by atoms with van der Waals surface area (Å²) in [5.74, 6) is 2.14. The average Bonchev–Trinajstić information content (AvgIpc) is 2.39. The van der Waals surface area contributed by atoms with Crippen LogP contribution < -0.4 is 11.1 Å². The van der Waals surface area contributed by atoms with Gasteiger partial charge in [0.1, 0.15) is 0 Å². The third-order valence-corrected chi connectivity index (χ3v) is 3.70. The van der Waals surface area contributed by atoms with Crippen LogP contribution in [0.4, 0.5) is 5.69 Å². The zero-order valence-electron chi connectivity index (χ0n) is 11.1. The fourth-order valence-corrected chi connectivity index (χ4v) is 2.45. The molecule has 0 unspecified atom stereocenters. The molecule has 1 fully saturated rings. The predicted molar refractivity (Wildman–Crippen MR) is 77.7 cm³/mol. The lowest BCUT2D eigenvalue weighted by atomic mass is 9.83. The summed E-state index contributed by atoms with van der Waals surface area (Å²) in [4.78, 5) is 4.45. The molecule has 0 saturated heterocycles. The van der Waals surface area contributed by atoms with Crippen LogP contribution in [0.15, 0.2) is 35.3 Å². The minimum absolute atomic E-state index is 0.528. The van der Waals surface area contributed by atoms with E-state index in [1.807, 2.05) is 30.3 Å². The van der Waals surface area contributed by atoms with Gasteiger partial charge in [0.15, 0.2) is 5.96 Å². The maximum absolute atomic E-state index is 5.89. The van der Waals surface area contributed by atoms with Gasteiger partial charge in [-0.05, 0) is 36.8 Å². The van der Waals surface area contributed by atoms with Crippen LogP contribution in [0.25, 0.3) is 0 Å². The summed E-state index contributed by atoms with van der Waals surface area (Å²) in [6.45, 7) is 3.20. The van der Waals surface area contributed by atoms with Gasteiger partial charge in [0.2, 0.25) is 0 Å². The summed E-state index contributed by atoms with van der Waals surface area (Å²) in [7, 11) is 0. The van der Waals surface area contributed by atoms with Gasteiger partial charge < -0.3 is 11.1 Å². The molecule has 1 aromatic carbocycles. The Kier molecular flexibility index (Phi) is 4.62. The van der Waals surface area contributed by atoms with Gasteiger partial charge in [0.25, 0.3) is 0 Å². The van der Waals surface area contributed by atoms with E-state index in [1.54, 1.807) is 0 Å². The molecule has 98 valence electrons. The average molecular weight is 245 g/mol. The van der Waals surface area contributed by atoms with Crippen LogP contribution in [-0.4, -0.2) is 12.5 Å². The predicted octanol–water partition coefficient (Wildman–Crippen LogP) is 3.24. The molecule has 0 spiro atoms. The second-order valence-corrected chi connectivity index (χ2v) is 5.34. The van der Waals surface area contributed by atoms with E-state index in [-0.39, 0.29) is 0 Å². The van der Waals surface area contributed by atoms with E-state index in [1.165, 1.54) is 25.7 Å². The van der Waals surface area contributed by atoms with Crippen molar-refractivity contribution >= 4 is 11.6 Å². The van der Waals surface area contributed by atoms with E-state index in [0.29, 0.717) is 5.96 Å². The molecule has 2 rings (SSSR count). The van der Waals surface area contributed by atoms with Crippen LogP contribution in [0, 0.1) is 11.8 Å². The summed E-state index contributed by atoms with van der Waals surface area (Å²) in [6, 6.07) is 9.94. The minimum atomic E-state index is 0.528. The number of aliphatic imine (C=N–C) groups is 1. The van der Waals surface area contributed by atoms with E-state index in [4.69, 9.17) is 5.73 Å². The standard InChI is InChI=1S/C15H23N3/c1-12-7-9-13(10-8-12)11-17-15(16)18-14-5-3-2-4-6-14/h2-6,12-13H,7-11H2,1H3,(H3,16,17,18). The largest absolute Gasteiger partial charge is 0.370 e. The van der Waals surface area contributed by atoms with Crippen molar-refractivity contribution in [3.8, 4) is 0 Å². The van der Waals surface area contributed by atoms with Crippen LogP contribution in [0.1, 0.15) is 32.6 Å². The molecule has 3 N–H and O–H groups in total. The fraction of sp³-hybridized carbons (Fsp3) is 0.533. The van der Waals surface area contributed by atoms with Gasteiger partial charge in [-0.15, -0.1) is 0 Å². The fourth-order valence-electron chi connectivity index (χ4n) is 2.45. The molecule has 0 atom stereocenters. The van der Waals surface area contributed by atoms with Crippen molar-refractivity contribution in [3.63, 3.8) is 0 Å². The summed E-state index contributed by atoms with van der Waals surface area (Å²) in [6.07, 6.45) is 5.27. The summed E-state index contributed by atoms with van der Waals surface area (Å²) in [5, 5.41) is 3.12. The lowest BCUT2D eigenvalue weighted by molar-refractivity contribution is 0.296. The van der Waals surface area contributed by atoms with Gasteiger partial charge >= 0.3 is 0 Å². The molecule has 1 aliphatic carbocycles. The third-order valence-electron chi connectivity index (χ3n) is 3.70. The van der Waals surface area contributed by atoms with E-state index in [0.717, 1.165) is 24.1 Å². The number of rotatable bonds is 3. The van der Waals surface area contributed by atoms with Gasteiger partial charge in [0.05, 0.1) is 0 Å². The highest BCUT2D eigenvalue weighted by molar-refractivity contribution is 5.92. The minimum Gasteiger partial charge on any atom is -0.370 e. The Bertz CT molecular complexity index is 378. The normalized spacial score (nSPS) is 24.8. The lowest BCUT2D eigenvalue weighted by Crippen LogP contribution is -2.24. The van der Waals surface area contributed by atoms with Gasteiger partial charge in [-0.25, -0.2) is 0 Å².